The predicted octanol–water partition coefficient (Wildman–Crippen LogP) is 5.62. The molecule has 5 fully saturated rings. The van der Waals surface area contributed by atoms with Crippen molar-refractivity contribution in [1.82, 2.24) is 25.5 Å². The minimum atomic E-state index is -3.11. The van der Waals surface area contributed by atoms with Gasteiger partial charge in [-0.3, -0.25) is 29.4 Å². The molecule has 1 aromatic heterocycles. The van der Waals surface area contributed by atoms with Gasteiger partial charge in [-0.05, 0) is 108 Å². The van der Waals surface area contributed by atoms with E-state index in [4.69, 9.17) is 0 Å². The molecule has 0 bridgehead atoms. The second kappa shape index (κ2) is 17.7. The lowest BCUT2D eigenvalue weighted by atomic mass is 9.89. The highest BCUT2D eigenvalue weighted by molar-refractivity contribution is 6.01. The van der Waals surface area contributed by atoms with Crippen molar-refractivity contribution >= 4 is 46.6 Å². The molecule has 1 aliphatic carbocycles. The van der Waals surface area contributed by atoms with Crippen molar-refractivity contribution in [3.8, 4) is 11.3 Å². The lowest BCUT2D eigenvalue weighted by Gasteiger charge is -2.46. The topological polar surface area (TPSA) is 152 Å². The lowest BCUT2D eigenvalue weighted by molar-refractivity contribution is -0.134. The number of carbonyl (C=O) groups excluding carboxylic acids is 4. The van der Waals surface area contributed by atoms with Crippen molar-refractivity contribution in [3.63, 3.8) is 0 Å². The van der Waals surface area contributed by atoms with Crippen LogP contribution in [0.1, 0.15) is 77.0 Å². The van der Waals surface area contributed by atoms with Crippen molar-refractivity contribution in [2.45, 2.75) is 107 Å². The molecule has 2 atom stereocenters. The van der Waals surface area contributed by atoms with E-state index < -0.39 is 42.1 Å². The summed E-state index contributed by atoms with van der Waals surface area (Å²) in [5.41, 5.74) is 1.81. The number of piperidine rings is 4. The third-order valence-electron chi connectivity index (χ3n) is 12.7. The first-order valence-corrected chi connectivity index (χ1v) is 21.2. The number of hydrogen-bond acceptors (Lipinski definition) is 10. The van der Waals surface area contributed by atoms with Crippen LogP contribution in [0.2, 0.25) is 0 Å². The lowest BCUT2D eigenvalue weighted by Crippen LogP contribution is -2.60. The van der Waals surface area contributed by atoms with E-state index in [9.17, 15) is 23.6 Å². The van der Waals surface area contributed by atoms with Gasteiger partial charge in [0.25, 0.3) is 5.92 Å². The zero-order valence-corrected chi connectivity index (χ0v) is 33.4. The van der Waals surface area contributed by atoms with E-state index in [0.29, 0.717) is 56.1 Å². The number of anilines is 4. The molecular formula is C43H51F4N9O4. The summed E-state index contributed by atoms with van der Waals surface area (Å²) in [5.74, 6) is -5.16. The molecule has 2 unspecified atom stereocenters. The van der Waals surface area contributed by atoms with Crippen molar-refractivity contribution in [2.24, 2.45) is 5.92 Å². The third-order valence-corrected chi connectivity index (χ3v) is 12.7. The standard InChI is InChI=1S/C43H51F4N9O4/c44-32-23-30(49-34-12-14-37(57)52-41(34)60)11-13-35(32)55-21-17-36(43(46,47)25-55)54-19-15-26(16-20-54)40(59)50-28-7-9-29(10-8-28)51-42-48-24-33(45)39(53-42)27-4-3-5-31(22-27)56-18-2-1-6-38(56)58/h3-5,11,13,22-24,26,28-29,34,36,49H,1-2,6-10,12,14-21,25H2,(H,50,59)(H,48,51,53)(H,52,57,60)/t28-,29-,34?,36?. The van der Waals surface area contributed by atoms with E-state index in [1.807, 2.05) is 6.07 Å². The number of rotatable bonds is 10. The molecule has 13 nitrogen and oxygen atoms in total. The summed E-state index contributed by atoms with van der Waals surface area (Å²) in [6, 6.07) is 9.66. The largest absolute Gasteiger partial charge is 0.374 e. The van der Waals surface area contributed by atoms with Gasteiger partial charge in [0.15, 0.2) is 5.82 Å². The molecule has 5 heterocycles. The molecule has 0 radical (unpaired) electrons. The third kappa shape index (κ3) is 9.35. The van der Waals surface area contributed by atoms with Crippen molar-refractivity contribution in [3.05, 3.63) is 60.3 Å². The molecule has 3 aromatic rings. The number of carbonyl (C=O) groups is 4. The Morgan fingerprint density at radius 3 is 2.33 bits per heavy atom. The Morgan fingerprint density at radius 2 is 1.60 bits per heavy atom. The SMILES string of the molecule is O=C1CCC(Nc2ccc(N3CCC(N4CCC(C(=O)N[C@H]5CC[C@H](Nc6ncc(F)c(-c7cccc(N8CCCCC8=O)c7)n6)CC5)CC4)C(F)(F)C3)c(F)c2)C(=O)N1. The van der Waals surface area contributed by atoms with E-state index in [-0.39, 0.29) is 72.9 Å². The number of nitrogens with one attached hydrogen (secondary N) is 4. The highest BCUT2D eigenvalue weighted by Gasteiger charge is 2.49. The minimum Gasteiger partial charge on any atom is -0.374 e. The van der Waals surface area contributed by atoms with Gasteiger partial charge in [0.2, 0.25) is 29.6 Å². The molecule has 2 aromatic carbocycles. The molecule has 1 saturated carbocycles. The van der Waals surface area contributed by atoms with Crippen molar-refractivity contribution in [1.29, 1.82) is 0 Å². The molecule has 60 heavy (non-hydrogen) atoms. The molecule has 17 heteroatoms. The first kappa shape index (κ1) is 41.4. The summed E-state index contributed by atoms with van der Waals surface area (Å²) in [6.07, 6.45) is 7.90. The molecule has 4 N–H and O–H groups in total. The number of halogens is 4. The van der Waals surface area contributed by atoms with Crippen LogP contribution in [-0.2, 0) is 19.2 Å². The monoisotopic (exact) mass is 833 g/mol. The molecule has 4 amide bonds. The van der Waals surface area contributed by atoms with Crippen LogP contribution in [-0.4, -0.2) is 101 Å². The fourth-order valence-corrected chi connectivity index (χ4v) is 9.37. The van der Waals surface area contributed by atoms with Crippen LogP contribution in [0.25, 0.3) is 11.3 Å². The number of aromatic nitrogens is 2. The van der Waals surface area contributed by atoms with Crippen LogP contribution in [0.15, 0.2) is 48.7 Å². The predicted molar refractivity (Wildman–Crippen MR) is 217 cm³/mol. The summed E-state index contributed by atoms with van der Waals surface area (Å²) < 4.78 is 61.6. The number of imide groups is 1. The fourth-order valence-electron chi connectivity index (χ4n) is 9.37. The number of nitrogens with zero attached hydrogens (tertiary/aromatic N) is 5. The number of alkyl halides is 2. The van der Waals surface area contributed by atoms with E-state index in [1.54, 1.807) is 34.1 Å². The molecule has 4 aliphatic heterocycles. The number of likely N-dealkylation sites (tertiary alicyclic amines) is 1. The van der Waals surface area contributed by atoms with Crippen LogP contribution in [0.4, 0.5) is 40.6 Å². The highest BCUT2D eigenvalue weighted by atomic mass is 19.3. The van der Waals surface area contributed by atoms with Crippen LogP contribution in [0.5, 0.6) is 0 Å². The molecule has 0 spiro atoms. The Kier molecular flexibility index (Phi) is 12.2. The minimum absolute atomic E-state index is 0.0187. The summed E-state index contributed by atoms with van der Waals surface area (Å²) in [4.78, 5) is 62.9. The smallest absolute Gasteiger partial charge is 0.280 e. The molecule has 320 valence electrons. The maximum absolute atomic E-state index is 15.7. The van der Waals surface area contributed by atoms with Gasteiger partial charge in [-0.2, -0.15) is 0 Å². The zero-order valence-electron chi connectivity index (χ0n) is 33.4. The molecule has 5 aliphatic rings. The fraction of sp³-hybridized carbons (Fsp3) is 0.535. The van der Waals surface area contributed by atoms with Crippen LogP contribution in [0, 0.1) is 17.6 Å². The number of hydrogen-bond donors (Lipinski definition) is 4. The van der Waals surface area contributed by atoms with Gasteiger partial charge in [0.1, 0.15) is 17.6 Å². The quantitative estimate of drug-likeness (QED) is 0.150. The Labute approximate surface area is 346 Å². The maximum Gasteiger partial charge on any atom is 0.280 e. The summed E-state index contributed by atoms with van der Waals surface area (Å²) in [6.45, 7) is 0.956. The van der Waals surface area contributed by atoms with Crippen LogP contribution < -0.4 is 31.1 Å². The summed E-state index contributed by atoms with van der Waals surface area (Å²) >= 11 is 0. The van der Waals surface area contributed by atoms with Crippen molar-refractivity contribution < 1.29 is 36.7 Å². The van der Waals surface area contributed by atoms with E-state index >= 15 is 13.2 Å². The molecular weight excluding hydrogens is 783 g/mol. The highest BCUT2D eigenvalue weighted by Crippen LogP contribution is 2.37. The Morgan fingerprint density at radius 1 is 0.817 bits per heavy atom. The molecule has 4 saturated heterocycles. The molecule has 8 rings (SSSR count). The van der Waals surface area contributed by atoms with E-state index in [1.165, 1.54) is 17.0 Å². The van der Waals surface area contributed by atoms with Gasteiger partial charge < -0.3 is 25.8 Å². The van der Waals surface area contributed by atoms with Crippen molar-refractivity contribution in [2.75, 3.05) is 53.2 Å². The second-order valence-corrected chi connectivity index (χ2v) is 16.8. The number of amides is 4. The van der Waals surface area contributed by atoms with Gasteiger partial charge in [-0.1, -0.05) is 12.1 Å². The zero-order chi connectivity index (χ0) is 42.0. The van der Waals surface area contributed by atoms with Gasteiger partial charge in [0.05, 0.1) is 24.5 Å². The van der Waals surface area contributed by atoms with Gasteiger partial charge in [0, 0.05) is 60.9 Å². The second-order valence-electron chi connectivity index (χ2n) is 16.8. The van der Waals surface area contributed by atoms with E-state index in [2.05, 4.69) is 31.2 Å². The van der Waals surface area contributed by atoms with Gasteiger partial charge in [-0.15, -0.1) is 0 Å². The summed E-state index contributed by atoms with van der Waals surface area (Å²) in [5, 5.41) is 11.7. The average molecular weight is 834 g/mol. The van der Waals surface area contributed by atoms with Crippen LogP contribution in [0.3, 0.4) is 0 Å². The average Bonchev–Trinajstić information content (AvgIpc) is 3.23. The first-order valence-electron chi connectivity index (χ1n) is 21.2. The Bertz CT molecular complexity index is 2090. The van der Waals surface area contributed by atoms with E-state index in [0.717, 1.165) is 50.4 Å². The maximum atomic E-state index is 15.7. The van der Waals surface area contributed by atoms with Gasteiger partial charge in [-0.25, -0.2) is 27.5 Å². The van der Waals surface area contributed by atoms with Crippen LogP contribution >= 0.6 is 0 Å². The number of benzene rings is 2. The Hall–Kier alpha value is -5.32. The normalized spacial score (nSPS) is 25.4. The Balaban J connectivity index is 0.779. The van der Waals surface area contributed by atoms with Gasteiger partial charge >= 0.3 is 0 Å². The first-order chi connectivity index (χ1) is 28.9. The summed E-state index contributed by atoms with van der Waals surface area (Å²) in [7, 11) is 0.